The number of rotatable bonds is 4. The van der Waals surface area contributed by atoms with Crippen molar-refractivity contribution in [2.45, 2.75) is 24.2 Å². The largest absolute Gasteiger partial charge is 0.457 e. The molecule has 0 aromatic heterocycles. The summed E-state index contributed by atoms with van der Waals surface area (Å²) in [4.78, 5) is 0. The molecule has 0 amide bonds. The summed E-state index contributed by atoms with van der Waals surface area (Å²) in [6.45, 7) is 2.35. The van der Waals surface area contributed by atoms with Gasteiger partial charge in [-0.3, -0.25) is 0 Å². The number of hydrogen-bond donors (Lipinski definition) is 0. The minimum atomic E-state index is -0.539. The molecule has 0 fully saturated rings. The molecule has 0 saturated heterocycles. The summed E-state index contributed by atoms with van der Waals surface area (Å²) in [6, 6.07) is 60.2. The first-order valence-electron chi connectivity index (χ1n) is 17.9. The fourth-order valence-corrected chi connectivity index (χ4v) is 9.27. The highest BCUT2D eigenvalue weighted by atomic mass is 16.5. The Morgan fingerprint density at radius 1 is 0.490 bits per heavy atom. The molecule has 1 heteroatoms. The molecule has 7 aromatic rings. The van der Waals surface area contributed by atoms with E-state index in [-0.39, 0.29) is 0 Å². The molecule has 0 bridgehead atoms. The first-order valence-corrected chi connectivity index (χ1v) is 17.9. The van der Waals surface area contributed by atoms with Crippen LogP contribution in [0.15, 0.2) is 182 Å². The van der Waals surface area contributed by atoms with Gasteiger partial charge in [-0.1, -0.05) is 170 Å². The van der Waals surface area contributed by atoms with Crippen LogP contribution in [0.5, 0.6) is 11.5 Å². The first kappa shape index (κ1) is 29.7. The monoisotopic (exact) mass is 652 g/mol. The zero-order valence-corrected chi connectivity index (χ0v) is 28.5. The molecule has 7 aromatic carbocycles. The molecule has 10 rings (SSSR count). The van der Waals surface area contributed by atoms with Crippen molar-refractivity contribution in [3.8, 4) is 33.8 Å². The standard InChI is InChI=1S/C50H36O/c1-49(36-18-6-3-7-19-36)44-27-15-16-28-46(44)51-47-32-30-35(33-45(47)49)38-22-11-13-25-42(38)50(37-20-8-4-9-21-37)43-26-14-12-24-40(43)41-31-29-34-17-5-2-10-23-39(34)48(41)50/h2-22,24-33H,23H2,1H3. The second-order valence-electron chi connectivity index (χ2n) is 14.1. The van der Waals surface area contributed by atoms with Crippen molar-refractivity contribution in [3.63, 3.8) is 0 Å². The summed E-state index contributed by atoms with van der Waals surface area (Å²) in [6.07, 6.45) is 9.81. The predicted molar refractivity (Wildman–Crippen MR) is 210 cm³/mol. The number of para-hydroxylation sites is 1. The summed E-state index contributed by atoms with van der Waals surface area (Å²) < 4.78 is 6.66. The highest BCUT2D eigenvalue weighted by Crippen LogP contribution is 2.60. The molecule has 242 valence electrons. The first-order chi connectivity index (χ1) is 25.2. The van der Waals surface area contributed by atoms with Crippen LogP contribution in [-0.4, -0.2) is 0 Å². The SMILES string of the molecule is CC1(c2ccccc2)c2ccccc2Oc2ccc(-c3ccccc3C3(c4ccccc4)c4ccccc4-c4ccc5c(c43)CC=CC=C5)cc21. The van der Waals surface area contributed by atoms with Gasteiger partial charge in [0.15, 0.2) is 0 Å². The normalized spacial score (nSPS) is 19.2. The maximum atomic E-state index is 6.66. The van der Waals surface area contributed by atoms with Gasteiger partial charge < -0.3 is 4.74 Å². The van der Waals surface area contributed by atoms with Gasteiger partial charge in [0.2, 0.25) is 0 Å². The molecule has 1 nitrogen and oxygen atoms in total. The van der Waals surface area contributed by atoms with Crippen molar-refractivity contribution in [1.29, 1.82) is 0 Å². The van der Waals surface area contributed by atoms with E-state index in [9.17, 15) is 0 Å². The van der Waals surface area contributed by atoms with Gasteiger partial charge in [0.25, 0.3) is 0 Å². The molecular formula is C50H36O. The molecule has 0 N–H and O–H groups in total. The lowest BCUT2D eigenvalue weighted by molar-refractivity contribution is 0.427. The second-order valence-corrected chi connectivity index (χ2v) is 14.1. The molecule has 0 saturated carbocycles. The molecule has 51 heavy (non-hydrogen) atoms. The Hall–Kier alpha value is -6.18. The molecule has 1 heterocycles. The van der Waals surface area contributed by atoms with E-state index < -0.39 is 10.8 Å². The Balaban J connectivity index is 1.28. The summed E-state index contributed by atoms with van der Waals surface area (Å²) in [5.74, 6) is 1.81. The Morgan fingerprint density at radius 2 is 1.12 bits per heavy atom. The second kappa shape index (κ2) is 11.4. The van der Waals surface area contributed by atoms with Gasteiger partial charge in [0.05, 0.1) is 5.41 Å². The molecule has 0 spiro atoms. The summed E-state index contributed by atoms with van der Waals surface area (Å²) in [5.41, 5.74) is 15.6. The Kier molecular flexibility index (Phi) is 6.66. The van der Waals surface area contributed by atoms with Crippen molar-refractivity contribution >= 4 is 6.08 Å². The van der Waals surface area contributed by atoms with Crippen LogP contribution in [0.25, 0.3) is 28.3 Å². The summed E-state index contributed by atoms with van der Waals surface area (Å²) in [5, 5.41) is 0. The average molecular weight is 653 g/mol. The minimum absolute atomic E-state index is 0.407. The highest BCUT2D eigenvalue weighted by Gasteiger charge is 2.49. The van der Waals surface area contributed by atoms with Crippen LogP contribution in [-0.2, 0) is 17.3 Å². The number of benzene rings is 7. The van der Waals surface area contributed by atoms with Crippen LogP contribution >= 0.6 is 0 Å². The number of ether oxygens (including phenoxy) is 1. The van der Waals surface area contributed by atoms with Gasteiger partial charge in [0.1, 0.15) is 11.5 Å². The lowest BCUT2D eigenvalue weighted by atomic mass is 9.64. The van der Waals surface area contributed by atoms with E-state index in [0.29, 0.717) is 0 Å². The van der Waals surface area contributed by atoms with E-state index >= 15 is 0 Å². The molecule has 0 radical (unpaired) electrons. The maximum absolute atomic E-state index is 6.66. The molecule has 3 aliphatic rings. The predicted octanol–water partition coefficient (Wildman–Crippen LogP) is 12.3. The topological polar surface area (TPSA) is 9.23 Å². The summed E-state index contributed by atoms with van der Waals surface area (Å²) >= 11 is 0. The third-order valence-corrected chi connectivity index (χ3v) is 11.6. The van der Waals surface area contributed by atoms with Crippen molar-refractivity contribution < 1.29 is 4.74 Å². The van der Waals surface area contributed by atoms with E-state index in [4.69, 9.17) is 4.74 Å². The van der Waals surface area contributed by atoms with E-state index in [1.54, 1.807) is 0 Å². The number of hydrogen-bond acceptors (Lipinski definition) is 1. The Bertz CT molecular complexity index is 2540. The van der Waals surface area contributed by atoms with Crippen LogP contribution in [0, 0.1) is 0 Å². The van der Waals surface area contributed by atoms with Crippen molar-refractivity contribution in [1.82, 2.24) is 0 Å². The lowest BCUT2D eigenvalue weighted by Crippen LogP contribution is -2.31. The van der Waals surface area contributed by atoms with Gasteiger partial charge in [-0.15, -0.1) is 0 Å². The molecule has 2 aliphatic carbocycles. The van der Waals surface area contributed by atoms with Crippen molar-refractivity contribution in [3.05, 3.63) is 232 Å². The Labute approximate surface area is 299 Å². The zero-order valence-electron chi connectivity index (χ0n) is 28.5. The minimum Gasteiger partial charge on any atom is -0.457 e. The quantitative estimate of drug-likeness (QED) is 0.184. The smallest absolute Gasteiger partial charge is 0.131 e. The molecule has 1 aliphatic heterocycles. The van der Waals surface area contributed by atoms with Gasteiger partial charge in [-0.2, -0.15) is 0 Å². The zero-order chi connectivity index (χ0) is 34.0. The number of fused-ring (bicyclic) bond motifs is 7. The number of allylic oxidation sites excluding steroid dienone is 3. The fourth-order valence-electron chi connectivity index (χ4n) is 9.27. The average Bonchev–Trinajstić information content (AvgIpc) is 3.30. The van der Waals surface area contributed by atoms with E-state index in [0.717, 1.165) is 17.9 Å². The van der Waals surface area contributed by atoms with Gasteiger partial charge >= 0.3 is 0 Å². The molecule has 2 atom stereocenters. The van der Waals surface area contributed by atoms with Crippen LogP contribution in [0.2, 0.25) is 0 Å². The van der Waals surface area contributed by atoms with Gasteiger partial charge in [-0.25, -0.2) is 0 Å². The molecular weight excluding hydrogens is 617 g/mol. The van der Waals surface area contributed by atoms with E-state index in [1.165, 1.54) is 72.3 Å². The van der Waals surface area contributed by atoms with Crippen LogP contribution in [0.4, 0.5) is 0 Å². The van der Waals surface area contributed by atoms with E-state index in [1.807, 2.05) is 0 Å². The van der Waals surface area contributed by atoms with E-state index in [2.05, 4.69) is 195 Å². The van der Waals surface area contributed by atoms with Crippen molar-refractivity contribution in [2.24, 2.45) is 0 Å². The van der Waals surface area contributed by atoms with Gasteiger partial charge in [0, 0.05) is 16.5 Å². The lowest BCUT2D eigenvalue weighted by Gasteiger charge is -2.39. The van der Waals surface area contributed by atoms with Crippen LogP contribution < -0.4 is 4.74 Å². The third kappa shape index (κ3) is 4.22. The van der Waals surface area contributed by atoms with Gasteiger partial charge in [-0.05, 0) is 92.7 Å². The third-order valence-electron chi connectivity index (χ3n) is 11.6. The highest BCUT2D eigenvalue weighted by molar-refractivity contribution is 5.91. The van der Waals surface area contributed by atoms with Crippen LogP contribution in [0.1, 0.15) is 57.0 Å². The Morgan fingerprint density at radius 3 is 1.90 bits per heavy atom. The van der Waals surface area contributed by atoms with Crippen LogP contribution in [0.3, 0.4) is 0 Å². The molecule has 2 unspecified atom stereocenters. The fraction of sp³-hybridized carbons (Fsp3) is 0.0800. The van der Waals surface area contributed by atoms with Crippen molar-refractivity contribution in [2.75, 3.05) is 0 Å². The summed E-state index contributed by atoms with van der Waals surface area (Å²) in [7, 11) is 0. The maximum Gasteiger partial charge on any atom is 0.131 e.